The predicted octanol–water partition coefficient (Wildman–Crippen LogP) is 2.15. The van der Waals surface area contributed by atoms with Gasteiger partial charge in [0.1, 0.15) is 0 Å². The summed E-state index contributed by atoms with van der Waals surface area (Å²) in [4.78, 5) is 4.29. The van der Waals surface area contributed by atoms with Gasteiger partial charge in [-0.15, -0.1) is 0 Å². The highest BCUT2D eigenvalue weighted by Gasteiger charge is 2.02. The van der Waals surface area contributed by atoms with E-state index in [2.05, 4.69) is 14.9 Å². The lowest BCUT2D eigenvalue weighted by molar-refractivity contribution is 0.0730. The third-order valence-electron chi connectivity index (χ3n) is 2.45. The number of nitrogens with one attached hydrogen (secondary N) is 1. The summed E-state index contributed by atoms with van der Waals surface area (Å²) in [6.07, 6.45) is 5.04. The number of ether oxygens (including phenoxy) is 2. The molecule has 5 nitrogen and oxygen atoms in total. The molecule has 1 aromatic heterocycles. The van der Waals surface area contributed by atoms with E-state index in [1.54, 1.807) is 6.20 Å². The van der Waals surface area contributed by atoms with E-state index >= 15 is 0 Å². The zero-order valence-electron chi connectivity index (χ0n) is 11.7. The zero-order valence-corrected chi connectivity index (χ0v) is 11.7. The summed E-state index contributed by atoms with van der Waals surface area (Å²) < 4.78 is 12.9. The summed E-state index contributed by atoms with van der Waals surface area (Å²) >= 11 is 0. The molecule has 0 aliphatic carbocycles. The Kier molecular flexibility index (Phi) is 7.44. The molecule has 0 aromatic carbocycles. The molecule has 1 aromatic rings. The molecule has 0 aliphatic heterocycles. The maximum Gasteiger partial charge on any atom is 0.202 e. The van der Waals surface area contributed by atoms with Gasteiger partial charge in [0, 0.05) is 38.7 Å². The van der Waals surface area contributed by atoms with Crippen LogP contribution in [0.1, 0.15) is 27.2 Å². The summed E-state index contributed by atoms with van der Waals surface area (Å²) in [5, 5.41) is 3.31. The lowest BCUT2D eigenvalue weighted by Crippen LogP contribution is -2.14. The Balaban J connectivity index is 2.22. The molecule has 5 heteroatoms. The second-order valence-corrected chi connectivity index (χ2v) is 4.34. The van der Waals surface area contributed by atoms with Crippen LogP contribution < -0.4 is 5.32 Å². The average molecular weight is 255 g/mol. The van der Waals surface area contributed by atoms with Crippen molar-refractivity contribution in [2.75, 3.05) is 31.7 Å². The van der Waals surface area contributed by atoms with Crippen molar-refractivity contribution in [3.05, 3.63) is 12.4 Å². The second-order valence-electron chi connectivity index (χ2n) is 4.34. The fraction of sp³-hybridized carbons (Fsp3) is 0.769. The van der Waals surface area contributed by atoms with Gasteiger partial charge in [-0.1, -0.05) is 0 Å². The van der Waals surface area contributed by atoms with E-state index < -0.39 is 0 Å². The van der Waals surface area contributed by atoms with Gasteiger partial charge in [0.05, 0.1) is 12.7 Å². The molecule has 1 rings (SSSR count). The Morgan fingerprint density at radius 3 is 2.94 bits per heavy atom. The summed E-state index contributed by atoms with van der Waals surface area (Å²) in [6, 6.07) is 0. The van der Waals surface area contributed by atoms with Gasteiger partial charge in [0.25, 0.3) is 0 Å². The average Bonchev–Trinajstić information content (AvgIpc) is 2.76. The highest BCUT2D eigenvalue weighted by molar-refractivity contribution is 5.25. The topological polar surface area (TPSA) is 48.3 Å². The van der Waals surface area contributed by atoms with Crippen LogP contribution in [0, 0.1) is 0 Å². The minimum Gasteiger partial charge on any atom is -0.382 e. The maximum absolute atomic E-state index is 5.53. The molecule has 0 fully saturated rings. The number of nitrogens with zero attached hydrogens (tertiary/aromatic N) is 2. The molecular weight excluding hydrogens is 230 g/mol. The third kappa shape index (κ3) is 6.02. The number of hydrogen-bond donors (Lipinski definition) is 1. The fourth-order valence-electron chi connectivity index (χ4n) is 1.56. The molecule has 0 aliphatic rings. The monoisotopic (exact) mass is 255 g/mol. The quantitative estimate of drug-likeness (QED) is 0.651. The molecule has 18 heavy (non-hydrogen) atoms. The molecule has 1 heterocycles. The van der Waals surface area contributed by atoms with Crippen molar-refractivity contribution in [1.82, 2.24) is 9.55 Å². The van der Waals surface area contributed by atoms with Crippen molar-refractivity contribution in [2.45, 2.75) is 39.8 Å². The van der Waals surface area contributed by atoms with Crippen molar-refractivity contribution in [1.29, 1.82) is 0 Å². The lowest BCUT2D eigenvalue weighted by atomic mass is 10.4. The van der Waals surface area contributed by atoms with Crippen molar-refractivity contribution in [3.8, 4) is 0 Å². The van der Waals surface area contributed by atoms with Crippen molar-refractivity contribution < 1.29 is 9.47 Å². The Labute approximate surface area is 109 Å². The van der Waals surface area contributed by atoms with Crippen molar-refractivity contribution in [3.63, 3.8) is 0 Å². The fourth-order valence-corrected chi connectivity index (χ4v) is 1.56. The molecule has 0 amide bonds. The number of anilines is 1. The van der Waals surface area contributed by atoms with Crippen LogP contribution in [0.15, 0.2) is 12.4 Å². The minimum atomic E-state index is 0.274. The summed E-state index contributed by atoms with van der Waals surface area (Å²) in [5.41, 5.74) is 0. The van der Waals surface area contributed by atoms with Crippen LogP contribution in [0.5, 0.6) is 0 Å². The van der Waals surface area contributed by atoms with Gasteiger partial charge in [0.2, 0.25) is 5.95 Å². The number of aromatic nitrogens is 2. The van der Waals surface area contributed by atoms with Crippen LogP contribution in [0.25, 0.3) is 0 Å². The minimum absolute atomic E-state index is 0.274. The van der Waals surface area contributed by atoms with Gasteiger partial charge in [-0.2, -0.15) is 0 Å². The van der Waals surface area contributed by atoms with Crippen LogP contribution in [0.3, 0.4) is 0 Å². The first-order chi connectivity index (χ1) is 8.74. The van der Waals surface area contributed by atoms with E-state index in [9.17, 15) is 0 Å². The third-order valence-corrected chi connectivity index (χ3v) is 2.45. The molecule has 104 valence electrons. The summed E-state index contributed by atoms with van der Waals surface area (Å²) in [7, 11) is 0. The maximum atomic E-state index is 5.53. The first kappa shape index (κ1) is 15.0. The summed E-state index contributed by atoms with van der Waals surface area (Å²) in [5.74, 6) is 0.902. The number of hydrogen-bond acceptors (Lipinski definition) is 4. The molecule has 0 radical (unpaired) electrons. The Hall–Kier alpha value is -1.07. The Morgan fingerprint density at radius 2 is 2.22 bits per heavy atom. The summed E-state index contributed by atoms with van der Waals surface area (Å²) in [6.45, 7) is 10.1. The van der Waals surface area contributed by atoms with E-state index in [0.717, 1.165) is 38.7 Å². The molecule has 1 N–H and O–H groups in total. The van der Waals surface area contributed by atoms with Crippen LogP contribution in [0.4, 0.5) is 5.95 Å². The second kappa shape index (κ2) is 8.94. The molecule has 0 saturated heterocycles. The molecule has 0 unspecified atom stereocenters. The normalized spacial score (nSPS) is 11.1. The van der Waals surface area contributed by atoms with E-state index in [-0.39, 0.29) is 6.10 Å². The molecule has 0 atom stereocenters. The van der Waals surface area contributed by atoms with Crippen LogP contribution >= 0.6 is 0 Å². The highest BCUT2D eigenvalue weighted by atomic mass is 16.5. The van der Waals surface area contributed by atoms with Gasteiger partial charge >= 0.3 is 0 Å². The SMILES string of the molecule is CCOCCCNc1nccn1CCOC(C)C. The highest BCUT2D eigenvalue weighted by Crippen LogP contribution is 2.04. The van der Waals surface area contributed by atoms with E-state index in [1.165, 1.54) is 0 Å². The van der Waals surface area contributed by atoms with Crippen LogP contribution in [-0.2, 0) is 16.0 Å². The Morgan fingerprint density at radius 1 is 1.39 bits per heavy atom. The molecular formula is C13H25N3O2. The van der Waals surface area contributed by atoms with Gasteiger partial charge < -0.3 is 19.4 Å². The van der Waals surface area contributed by atoms with Gasteiger partial charge in [-0.3, -0.25) is 0 Å². The van der Waals surface area contributed by atoms with Gasteiger partial charge in [-0.05, 0) is 27.2 Å². The Bertz CT molecular complexity index is 313. The van der Waals surface area contributed by atoms with Crippen molar-refractivity contribution in [2.24, 2.45) is 0 Å². The van der Waals surface area contributed by atoms with Gasteiger partial charge in [0.15, 0.2) is 0 Å². The van der Waals surface area contributed by atoms with E-state index in [0.29, 0.717) is 6.61 Å². The molecule has 0 bridgehead atoms. The van der Waals surface area contributed by atoms with Crippen LogP contribution in [-0.4, -0.2) is 42.0 Å². The molecule has 0 saturated carbocycles. The largest absolute Gasteiger partial charge is 0.382 e. The first-order valence-corrected chi connectivity index (χ1v) is 6.68. The smallest absolute Gasteiger partial charge is 0.202 e. The zero-order chi connectivity index (χ0) is 13.2. The first-order valence-electron chi connectivity index (χ1n) is 6.68. The standard InChI is InChI=1S/C13H25N3O2/c1-4-17-10-5-6-14-13-15-7-8-16(13)9-11-18-12(2)3/h7-8,12H,4-6,9-11H2,1-3H3,(H,14,15). The molecule has 0 spiro atoms. The lowest BCUT2D eigenvalue weighted by Gasteiger charge is -2.11. The predicted molar refractivity (Wildman–Crippen MR) is 72.9 cm³/mol. The van der Waals surface area contributed by atoms with Crippen molar-refractivity contribution >= 4 is 5.95 Å². The number of imidazole rings is 1. The van der Waals surface area contributed by atoms with E-state index in [1.807, 2.05) is 27.0 Å². The van der Waals surface area contributed by atoms with Gasteiger partial charge in [-0.25, -0.2) is 4.98 Å². The van der Waals surface area contributed by atoms with E-state index in [4.69, 9.17) is 9.47 Å². The number of rotatable bonds is 10. The van der Waals surface area contributed by atoms with Crippen LogP contribution in [0.2, 0.25) is 0 Å².